The summed E-state index contributed by atoms with van der Waals surface area (Å²) in [5, 5.41) is 14.3. The van der Waals surface area contributed by atoms with Crippen LogP contribution in [0, 0.1) is 24.0 Å². The first-order valence-corrected chi connectivity index (χ1v) is 9.08. The smallest absolute Gasteiger partial charge is 0.349 e. The van der Waals surface area contributed by atoms with Crippen LogP contribution in [0.5, 0.6) is 5.75 Å². The third-order valence-electron chi connectivity index (χ3n) is 4.48. The van der Waals surface area contributed by atoms with Crippen LogP contribution in [0.2, 0.25) is 0 Å². The molecular formula is C21H20N2O6. The van der Waals surface area contributed by atoms with Crippen LogP contribution in [-0.2, 0) is 0 Å². The lowest BCUT2D eigenvalue weighted by Gasteiger charge is -2.09. The standard InChI is InChI=1S/C21H20N2O6/c1-4-7-28-15-6-5-14-10-16(21(25)29-19(14)11-15)20(24)22-17-8-12(2)13(3)9-18(17)23(26)27/h5-6,8-11H,4,7H2,1-3H3,(H,22,24). The molecule has 0 spiro atoms. The molecule has 0 saturated carbocycles. The Hall–Kier alpha value is -3.68. The maximum atomic E-state index is 12.6. The molecule has 0 fully saturated rings. The van der Waals surface area contributed by atoms with Gasteiger partial charge >= 0.3 is 5.63 Å². The van der Waals surface area contributed by atoms with Crippen molar-refractivity contribution >= 4 is 28.3 Å². The summed E-state index contributed by atoms with van der Waals surface area (Å²) in [5.74, 6) is -0.219. The van der Waals surface area contributed by atoms with E-state index < -0.39 is 16.5 Å². The number of hydrogen-bond donors (Lipinski definition) is 1. The van der Waals surface area contributed by atoms with Gasteiger partial charge in [-0.05, 0) is 55.7 Å². The molecule has 2 aromatic carbocycles. The molecule has 0 aliphatic carbocycles. The molecular weight excluding hydrogens is 376 g/mol. The number of nitrogens with zero attached hydrogens (tertiary/aromatic N) is 1. The van der Waals surface area contributed by atoms with Crippen molar-refractivity contribution in [2.24, 2.45) is 0 Å². The number of carbonyl (C=O) groups excluding carboxylic acids is 1. The molecule has 0 saturated heterocycles. The molecule has 3 rings (SSSR count). The summed E-state index contributed by atoms with van der Waals surface area (Å²) in [6, 6.07) is 9.26. The van der Waals surface area contributed by atoms with Gasteiger partial charge in [-0.25, -0.2) is 4.79 Å². The first kappa shape index (κ1) is 20.1. The molecule has 1 heterocycles. The summed E-state index contributed by atoms with van der Waals surface area (Å²) < 4.78 is 10.8. The third kappa shape index (κ3) is 4.26. The fraction of sp³-hybridized carbons (Fsp3) is 0.238. The molecule has 29 heavy (non-hydrogen) atoms. The van der Waals surface area contributed by atoms with Crippen LogP contribution in [0.25, 0.3) is 11.0 Å². The first-order valence-electron chi connectivity index (χ1n) is 9.08. The average molecular weight is 396 g/mol. The number of fused-ring (bicyclic) bond motifs is 1. The van der Waals surface area contributed by atoms with Crippen LogP contribution >= 0.6 is 0 Å². The second kappa shape index (κ2) is 8.14. The second-order valence-electron chi connectivity index (χ2n) is 6.66. The minimum Gasteiger partial charge on any atom is -0.493 e. The molecule has 150 valence electrons. The summed E-state index contributed by atoms with van der Waals surface area (Å²) in [5.41, 5.74) is 0.478. The molecule has 0 atom stereocenters. The minimum absolute atomic E-state index is 0.0194. The maximum Gasteiger partial charge on any atom is 0.349 e. The van der Waals surface area contributed by atoms with Crippen molar-refractivity contribution in [3.05, 3.63) is 73.6 Å². The second-order valence-corrected chi connectivity index (χ2v) is 6.66. The van der Waals surface area contributed by atoms with Gasteiger partial charge in [0.25, 0.3) is 11.6 Å². The quantitative estimate of drug-likeness (QED) is 0.376. The van der Waals surface area contributed by atoms with Crippen molar-refractivity contribution in [1.29, 1.82) is 0 Å². The topological polar surface area (TPSA) is 112 Å². The third-order valence-corrected chi connectivity index (χ3v) is 4.48. The predicted molar refractivity (Wildman–Crippen MR) is 109 cm³/mol. The number of ether oxygens (including phenoxy) is 1. The van der Waals surface area contributed by atoms with Crippen LogP contribution in [0.4, 0.5) is 11.4 Å². The van der Waals surface area contributed by atoms with Crippen LogP contribution in [0.15, 0.2) is 45.6 Å². The highest BCUT2D eigenvalue weighted by atomic mass is 16.6. The SMILES string of the molecule is CCCOc1ccc2cc(C(=O)Nc3cc(C)c(C)cc3[N+](=O)[O-])c(=O)oc2c1. The van der Waals surface area contributed by atoms with Gasteiger partial charge < -0.3 is 14.5 Å². The zero-order valence-corrected chi connectivity index (χ0v) is 16.3. The van der Waals surface area contributed by atoms with Crippen LogP contribution in [-0.4, -0.2) is 17.4 Å². The van der Waals surface area contributed by atoms with Crippen molar-refractivity contribution < 1.29 is 18.9 Å². The lowest BCUT2D eigenvalue weighted by Crippen LogP contribution is -2.21. The van der Waals surface area contributed by atoms with E-state index >= 15 is 0 Å². The number of hydrogen-bond acceptors (Lipinski definition) is 6. The zero-order chi connectivity index (χ0) is 21.1. The van der Waals surface area contributed by atoms with Crippen LogP contribution in [0.1, 0.15) is 34.8 Å². The van der Waals surface area contributed by atoms with E-state index in [1.165, 1.54) is 18.2 Å². The van der Waals surface area contributed by atoms with E-state index in [2.05, 4.69) is 5.32 Å². The van der Waals surface area contributed by atoms with Gasteiger partial charge in [0.15, 0.2) is 0 Å². The Morgan fingerprint density at radius 1 is 1.17 bits per heavy atom. The van der Waals surface area contributed by atoms with E-state index in [-0.39, 0.29) is 22.5 Å². The van der Waals surface area contributed by atoms with E-state index in [0.29, 0.717) is 17.7 Å². The van der Waals surface area contributed by atoms with E-state index in [1.807, 2.05) is 6.92 Å². The maximum absolute atomic E-state index is 12.6. The van der Waals surface area contributed by atoms with E-state index in [4.69, 9.17) is 9.15 Å². The van der Waals surface area contributed by atoms with E-state index in [1.54, 1.807) is 32.0 Å². The molecule has 1 amide bonds. The molecule has 0 unspecified atom stereocenters. The Morgan fingerprint density at radius 2 is 1.90 bits per heavy atom. The molecule has 8 nitrogen and oxygen atoms in total. The fourth-order valence-electron chi connectivity index (χ4n) is 2.80. The minimum atomic E-state index is -0.839. The van der Waals surface area contributed by atoms with Gasteiger partial charge in [0.05, 0.1) is 11.5 Å². The lowest BCUT2D eigenvalue weighted by molar-refractivity contribution is -0.384. The van der Waals surface area contributed by atoms with Crippen molar-refractivity contribution in [3.63, 3.8) is 0 Å². The molecule has 0 aliphatic heterocycles. The summed E-state index contributed by atoms with van der Waals surface area (Å²) in [6.07, 6.45) is 0.839. The van der Waals surface area contributed by atoms with Crippen molar-refractivity contribution in [2.75, 3.05) is 11.9 Å². The van der Waals surface area contributed by atoms with Crippen molar-refractivity contribution in [2.45, 2.75) is 27.2 Å². The fourth-order valence-corrected chi connectivity index (χ4v) is 2.80. The monoisotopic (exact) mass is 396 g/mol. The molecule has 1 N–H and O–H groups in total. The van der Waals surface area contributed by atoms with E-state index in [0.717, 1.165) is 17.5 Å². The number of rotatable bonds is 6. The molecule has 3 aromatic rings. The Morgan fingerprint density at radius 3 is 2.59 bits per heavy atom. The number of benzene rings is 2. The Balaban J connectivity index is 1.96. The van der Waals surface area contributed by atoms with Gasteiger partial charge in [0.2, 0.25) is 0 Å². The summed E-state index contributed by atoms with van der Waals surface area (Å²) in [7, 11) is 0. The number of amides is 1. The largest absolute Gasteiger partial charge is 0.493 e. The van der Waals surface area contributed by atoms with Crippen LogP contribution < -0.4 is 15.7 Å². The Bertz CT molecular complexity index is 1170. The Kier molecular flexibility index (Phi) is 5.63. The molecule has 8 heteroatoms. The van der Waals surface area contributed by atoms with Gasteiger partial charge in [-0.1, -0.05) is 6.92 Å². The van der Waals surface area contributed by atoms with Crippen molar-refractivity contribution in [3.8, 4) is 5.75 Å². The number of nitro benzene ring substituents is 1. The lowest BCUT2D eigenvalue weighted by atomic mass is 10.1. The van der Waals surface area contributed by atoms with Gasteiger partial charge in [-0.3, -0.25) is 14.9 Å². The van der Waals surface area contributed by atoms with Gasteiger partial charge in [-0.2, -0.15) is 0 Å². The molecule has 0 aliphatic rings. The highest BCUT2D eigenvalue weighted by molar-refractivity contribution is 6.06. The van der Waals surface area contributed by atoms with Gasteiger partial charge in [-0.15, -0.1) is 0 Å². The molecule has 0 bridgehead atoms. The highest BCUT2D eigenvalue weighted by Gasteiger charge is 2.21. The van der Waals surface area contributed by atoms with E-state index in [9.17, 15) is 19.7 Å². The number of aryl methyl sites for hydroxylation is 2. The summed E-state index contributed by atoms with van der Waals surface area (Å²) in [6.45, 7) is 6.03. The highest BCUT2D eigenvalue weighted by Crippen LogP contribution is 2.28. The van der Waals surface area contributed by atoms with Gasteiger partial charge in [0, 0.05) is 17.5 Å². The van der Waals surface area contributed by atoms with Crippen LogP contribution in [0.3, 0.4) is 0 Å². The van der Waals surface area contributed by atoms with Gasteiger partial charge in [0.1, 0.15) is 22.6 Å². The summed E-state index contributed by atoms with van der Waals surface area (Å²) in [4.78, 5) is 35.7. The number of nitrogens with one attached hydrogen (secondary N) is 1. The summed E-state index contributed by atoms with van der Waals surface area (Å²) >= 11 is 0. The number of carbonyl (C=O) groups is 1. The zero-order valence-electron chi connectivity index (χ0n) is 16.3. The average Bonchev–Trinajstić information content (AvgIpc) is 2.67. The predicted octanol–water partition coefficient (Wildman–Crippen LogP) is 4.36. The molecule has 0 radical (unpaired) electrons. The first-order chi connectivity index (χ1) is 13.8. The van der Waals surface area contributed by atoms with Crippen molar-refractivity contribution in [1.82, 2.24) is 0 Å². The molecule has 1 aromatic heterocycles. The number of anilines is 1. The number of nitro groups is 1. The Labute approximate surface area is 166 Å². The normalized spacial score (nSPS) is 10.7.